The van der Waals surface area contributed by atoms with Gasteiger partial charge in [0.15, 0.2) is 9.84 Å². The second-order valence-corrected chi connectivity index (χ2v) is 11.5. The van der Waals surface area contributed by atoms with Crippen LogP contribution in [0, 0.1) is 34.5 Å². The van der Waals surface area contributed by atoms with Crippen LogP contribution in [0.1, 0.15) is 64.2 Å². The van der Waals surface area contributed by atoms with Crippen LogP contribution >= 0.6 is 0 Å². The summed E-state index contributed by atoms with van der Waals surface area (Å²) in [6, 6.07) is 0. The summed E-state index contributed by atoms with van der Waals surface area (Å²) in [4.78, 5) is 0. The zero-order chi connectivity index (χ0) is 15.7. The Hall–Kier alpha value is -0.310. The van der Waals surface area contributed by atoms with Crippen molar-refractivity contribution < 1.29 is 8.42 Å². The van der Waals surface area contributed by atoms with Crippen molar-refractivity contribution in [2.45, 2.75) is 64.2 Å². The molecule has 0 aromatic heterocycles. The highest BCUT2D eigenvalue weighted by molar-refractivity contribution is 7.91. The van der Waals surface area contributed by atoms with Crippen molar-refractivity contribution in [3.8, 4) is 0 Å². The summed E-state index contributed by atoms with van der Waals surface area (Å²) in [5.41, 5.74) is 0.200. The molecule has 0 aromatic rings. The molecule has 3 saturated carbocycles. The van der Waals surface area contributed by atoms with Gasteiger partial charge in [-0.05, 0) is 79.4 Å². The third-order valence-corrected chi connectivity index (χ3v) is 10.6. The largest absolute Gasteiger partial charge is 0.229 e. The van der Waals surface area contributed by atoms with Gasteiger partial charge in [-0.25, -0.2) is 8.42 Å². The van der Waals surface area contributed by atoms with E-state index in [2.05, 4.69) is 12.2 Å². The third kappa shape index (κ3) is 1.95. The van der Waals surface area contributed by atoms with Gasteiger partial charge in [0.1, 0.15) is 0 Å². The predicted molar refractivity (Wildman–Crippen MR) is 92.8 cm³/mol. The highest BCUT2D eigenvalue weighted by Gasteiger charge is 2.68. The van der Waals surface area contributed by atoms with E-state index in [1.165, 1.54) is 51.4 Å². The van der Waals surface area contributed by atoms with Crippen LogP contribution in [-0.2, 0) is 9.84 Å². The summed E-state index contributed by atoms with van der Waals surface area (Å²) >= 11 is 0. The highest BCUT2D eigenvalue weighted by atomic mass is 32.2. The number of sulfone groups is 1. The van der Waals surface area contributed by atoms with Gasteiger partial charge in [-0.2, -0.15) is 0 Å². The maximum absolute atomic E-state index is 12.8. The third-order valence-electron chi connectivity index (χ3n) is 8.66. The summed E-state index contributed by atoms with van der Waals surface area (Å²) < 4.78 is 25.5. The van der Waals surface area contributed by atoms with Crippen molar-refractivity contribution in [1.82, 2.24) is 0 Å². The molecule has 6 atom stereocenters. The van der Waals surface area contributed by atoms with Gasteiger partial charge in [-0.15, -0.1) is 0 Å². The van der Waals surface area contributed by atoms with Crippen LogP contribution in [0.25, 0.3) is 0 Å². The summed E-state index contributed by atoms with van der Waals surface area (Å²) in [6.45, 7) is 0. The summed E-state index contributed by atoms with van der Waals surface area (Å²) in [5.74, 6) is 4.27. The molecule has 5 aliphatic rings. The quantitative estimate of drug-likeness (QED) is 0.617. The Balaban J connectivity index is 1.64. The summed E-state index contributed by atoms with van der Waals surface area (Å²) in [6.07, 6.45) is 17.6. The molecule has 1 heterocycles. The van der Waals surface area contributed by atoms with E-state index >= 15 is 0 Å². The molecule has 0 N–H and O–H groups in total. The summed E-state index contributed by atoms with van der Waals surface area (Å²) in [5, 5.41) is 0. The van der Waals surface area contributed by atoms with Crippen molar-refractivity contribution in [2.75, 3.05) is 11.5 Å². The molecule has 0 bridgehead atoms. The highest BCUT2D eigenvalue weighted by Crippen LogP contribution is 2.70. The molecule has 0 aromatic carbocycles. The molecule has 0 amide bonds. The monoisotopic (exact) mass is 334 g/mol. The van der Waals surface area contributed by atoms with Crippen LogP contribution in [0.3, 0.4) is 0 Å². The topological polar surface area (TPSA) is 34.1 Å². The Morgan fingerprint density at radius 3 is 2.52 bits per heavy atom. The molecule has 128 valence electrons. The minimum absolute atomic E-state index is 0.0983. The molecule has 2 nitrogen and oxygen atoms in total. The van der Waals surface area contributed by atoms with Crippen molar-refractivity contribution in [3.63, 3.8) is 0 Å². The number of allylic oxidation sites excluding steroid dienone is 2. The van der Waals surface area contributed by atoms with Crippen LogP contribution in [0.4, 0.5) is 0 Å². The van der Waals surface area contributed by atoms with Crippen molar-refractivity contribution in [1.29, 1.82) is 0 Å². The minimum atomic E-state index is -2.86. The van der Waals surface area contributed by atoms with Gasteiger partial charge in [0.2, 0.25) is 0 Å². The molecule has 4 aliphatic carbocycles. The Labute approximate surface area is 141 Å². The number of hydrogen-bond donors (Lipinski definition) is 0. The normalized spacial score (nSPS) is 53.7. The average Bonchev–Trinajstić information content (AvgIpc) is 2.80. The van der Waals surface area contributed by atoms with Gasteiger partial charge < -0.3 is 0 Å². The smallest absolute Gasteiger partial charge is 0.151 e. The Bertz CT molecular complexity index is 636. The Morgan fingerprint density at radius 1 is 0.826 bits per heavy atom. The van der Waals surface area contributed by atoms with Gasteiger partial charge in [0.25, 0.3) is 0 Å². The molecule has 0 unspecified atom stereocenters. The van der Waals surface area contributed by atoms with Crippen LogP contribution in [0.2, 0.25) is 0 Å². The SMILES string of the molecule is O=S1(=O)C[C@]23CC=CC[C@]2(C1)[C@@H]1[C@H](CC[C@@H]2CCCC[C@H]21)CC3. The van der Waals surface area contributed by atoms with Crippen molar-refractivity contribution in [3.05, 3.63) is 12.2 Å². The van der Waals surface area contributed by atoms with Gasteiger partial charge in [-0.1, -0.05) is 31.4 Å². The van der Waals surface area contributed by atoms with Gasteiger partial charge >= 0.3 is 0 Å². The molecule has 4 fully saturated rings. The maximum atomic E-state index is 12.8. The molecular weight excluding hydrogens is 304 g/mol. The van der Waals surface area contributed by atoms with Gasteiger partial charge in [-0.3, -0.25) is 0 Å². The van der Waals surface area contributed by atoms with Crippen LogP contribution < -0.4 is 0 Å². The van der Waals surface area contributed by atoms with Crippen LogP contribution in [0.15, 0.2) is 12.2 Å². The predicted octanol–water partition coefficient (Wildman–Crippen LogP) is 4.36. The molecule has 3 heteroatoms. The molecule has 0 spiro atoms. The maximum Gasteiger partial charge on any atom is 0.151 e. The fourth-order valence-electron chi connectivity index (χ4n) is 7.98. The number of rotatable bonds is 0. The minimum Gasteiger partial charge on any atom is -0.229 e. The van der Waals surface area contributed by atoms with Gasteiger partial charge in [0, 0.05) is 0 Å². The standard InChI is InChI=1S/C20H30O2S/c21-23(22)13-19-10-3-4-11-20(19,14-23)18-16(9-12-19)8-7-15-5-1-2-6-17(15)18/h3-4,15-18H,1-2,5-14H2/t15-,16+,17+,18+,19+,20-/m0/s1. The molecule has 0 radical (unpaired) electrons. The lowest BCUT2D eigenvalue weighted by molar-refractivity contribution is -0.125. The number of fused-ring (bicyclic) bond motifs is 3. The van der Waals surface area contributed by atoms with Gasteiger partial charge in [0.05, 0.1) is 11.5 Å². The van der Waals surface area contributed by atoms with E-state index in [0.717, 1.165) is 30.6 Å². The second kappa shape index (κ2) is 4.86. The Kier molecular flexibility index (Phi) is 3.17. The fraction of sp³-hybridized carbons (Fsp3) is 0.900. The molecule has 1 saturated heterocycles. The van der Waals surface area contributed by atoms with E-state index in [1.807, 2.05) is 0 Å². The van der Waals surface area contributed by atoms with Crippen LogP contribution in [0.5, 0.6) is 0 Å². The Morgan fingerprint density at radius 2 is 1.61 bits per heavy atom. The average molecular weight is 335 g/mol. The zero-order valence-electron chi connectivity index (χ0n) is 14.2. The van der Waals surface area contributed by atoms with E-state index < -0.39 is 9.84 Å². The van der Waals surface area contributed by atoms with E-state index in [1.54, 1.807) is 0 Å². The molecule has 1 aliphatic heterocycles. The first-order chi connectivity index (χ1) is 11.1. The first kappa shape index (κ1) is 15.0. The van der Waals surface area contributed by atoms with Crippen molar-refractivity contribution >= 4 is 9.84 Å². The van der Waals surface area contributed by atoms with E-state index in [-0.39, 0.29) is 10.8 Å². The van der Waals surface area contributed by atoms with E-state index in [0.29, 0.717) is 17.4 Å². The fourth-order valence-corrected chi connectivity index (χ4v) is 10.9. The lowest BCUT2D eigenvalue weighted by Crippen LogP contribution is -2.58. The molecule has 5 rings (SSSR count). The lowest BCUT2D eigenvalue weighted by Gasteiger charge is -2.63. The number of hydrogen-bond acceptors (Lipinski definition) is 2. The second-order valence-electron chi connectivity index (χ2n) is 9.46. The first-order valence-electron chi connectivity index (χ1n) is 9.91. The zero-order valence-corrected chi connectivity index (χ0v) is 15.0. The van der Waals surface area contributed by atoms with Crippen LogP contribution in [-0.4, -0.2) is 19.9 Å². The first-order valence-corrected chi connectivity index (χ1v) is 11.7. The van der Waals surface area contributed by atoms with E-state index in [4.69, 9.17) is 0 Å². The van der Waals surface area contributed by atoms with Crippen molar-refractivity contribution in [2.24, 2.45) is 34.5 Å². The molecule has 23 heavy (non-hydrogen) atoms. The lowest BCUT2D eigenvalue weighted by atomic mass is 9.41. The molecular formula is C20H30O2S. The summed E-state index contributed by atoms with van der Waals surface area (Å²) in [7, 11) is -2.86. The van der Waals surface area contributed by atoms with E-state index in [9.17, 15) is 8.42 Å².